The fourth-order valence-corrected chi connectivity index (χ4v) is 2.29. The van der Waals surface area contributed by atoms with Crippen molar-refractivity contribution in [3.05, 3.63) is 0 Å². The van der Waals surface area contributed by atoms with Crippen molar-refractivity contribution in [3.8, 4) is 0 Å². The van der Waals surface area contributed by atoms with Crippen LogP contribution in [0, 0.1) is 0 Å². The molecule has 0 bridgehead atoms. The van der Waals surface area contributed by atoms with Crippen molar-refractivity contribution in [1.29, 1.82) is 0 Å². The lowest BCUT2D eigenvalue weighted by Gasteiger charge is -2.31. The Morgan fingerprint density at radius 3 is 2.58 bits per heavy atom. The van der Waals surface area contributed by atoms with Gasteiger partial charge in [-0.25, -0.2) is 0 Å². The second-order valence-corrected chi connectivity index (χ2v) is 3.76. The van der Waals surface area contributed by atoms with Gasteiger partial charge in [-0.05, 0) is 32.1 Å². The highest BCUT2D eigenvalue weighted by Gasteiger charge is 2.22. The second kappa shape index (κ2) is 6.73. The summed E-state index contributed by atoms with van der Waals surface area (Å²) in [6.07, 6.45) is 7.16. The quantitative estimate of drug-likeness (QED) is 0.540. The van der Waals surface area contributed by atoms with Crippen molar-refractivity contribution in [2.24, 2.45) is 0 Å². The van der Waals surface area contributed by atoms with Crippen molar-refractivity contribution in [2.45, 2.75) is 52.0 Å². The van der Waals surface area contributed by atoms with Crippen LogP contribution in [0.4, 0.5) is 0 Å². The van der Waals surface area contributed by atoms with E-state index in [1.165, 1.54) is 45.2 Å². The molecule has 2 heteroatoms. The predicted octanol–water partition coefficient (Wildman–Crippen LogP) is -1.75. The van der Waals surface area contributed by atoms with E-state index in [1.54, 1.807) is 0 Å². The largest absolute Gasteiger partial charge is 1.00 e. The summed E-state index contributed by atoms with van der Waals surface area (Å²) in [5.41, 5.74) is 0. The summed E-state index contributed by atoms with van der Waals surface area (Å²) >= 11 is 0. The van der Waals surface area contributed by atoms with E-state index in [0.717, 1.165) is 6.04 Å². The Kier molecular flexibility index (Phi) is 6.87. The Labute approximate surface area is 82.9 Å². The van der Waals surface area contributed by atoms with Crippen LogP contribution in [-0.2, 0) is 0 Å². The molecule has 1 aliphatic rings. The Morgan fingerprint density at radius 1 is 1.25 bits per heavy atom. The van der Waals surface area contributed by atoms with E-state index in [0.29, 0.717) is 0 Å². The van der Waals surface area contributed by atoms with Gasteiger partial charge in [0.25, 0.3) is 0 Å². The SMILES string of the molecule is CCC[NH+]1CCCCC1CC.[Cl-]. The van der Waals surface area contributed by atoms with Gasteiger partial charge >= 0.3 is 0 Å². The van der Waals surface area contributed by atoms with E-state index in [9.17, 15) is 0 Å². The summed E-state index contributed by atoms with van der Waals surface area (Å²) < 4.78 is 0. The second-order valence-electron chi connectivity index (χ2n) is 3.76. The molecule has 1 nitrogen and oxygen atoms in total. The van der Waals surface area contributed by atoms with Crippen molar-refractivity contribution in [2.75, 3.05) is 13.1 Å². The minimum absolute atomic E-state index is 0. The molecule has 0 aliphatic carbocycles. The molecule has 0 aromatic heterocycles. The third kappa shape index (κ3) is 3.32. The van der Waals surface area contributed by atoms with E-state index in [1.807, 2.05) is 4.90 Å². The lowest BCUT2D eigenvalue weighted by atomic mass is 10.00. The molecular weight excluding hydrogens is 170 g/mol. The molecule has 1 fully saturated rings. The Bertz CT molecular complexity index is 104. The molecule has 2 atom stereocenters. The normalized spacial score (nSPS) is 29.5. The first kappa shape index (κ1) is 12.2. The molecule has 1 aliphatic heterocycles. The highest BCUT2D eigenvalue weighted by Crippen LogP contribution is 2.05. The van der Waals surface area contributed by atoms with E-state index < -0.39 is 0 Å². The summed E-state index contributed by atoms with van der Waals surface area (Å²) in [4.78, 5) is 1.88. The van der Waals surface area contributed by atoms with Gasteiger partial charge in [0.05, 0.1) is 19.1 Å². The van der Waals surface area contributed by atoms with Crippen LogP contribution in [0.25, 0.3) is 0 Å². The maximum absolute atomic E-state index is 2.34. The zero-order valence-corrected chi connectivity index (χ0v) is 9.16. The maximum Gasteiger partial charge on any atom is 0.0872 e. The number of rotatable bonds is 3. The van der Waals surface area contributed by atoms with Gasteiger partial charge in [0.1, 0.15) is 0 Å². The first-order valence-electron chi connectivity index (χ1n) is 5.23. The fraction of sp³-hybridized carbons (Fsp3) is 1.00. The number of piperidine rings is 1. The molecule has 1 saturated heterocycles. The van der Waals surface area contributed by atoms with E-state index in [2.05, 4.69) is 13.8 Å². The lowest BCUT2D eigenvalue weighted by molar-refractivity contribution is -0.930. The number of nitrogens with one attached hydrogen (secondary N) is 1. The number of halogens is 1. The van der Waals surface area contributed by atoms with Crippen LogP contribution in [-0.4, -0.2) is 19.1 Å². The smallest absolute Gasteiger partial charge is 0.0872 e. The van der Waals surface area contributed by atoms with E-state index in [4.69, 9.17) is 0 Å². The molecule has 12 heavy (non-hydrogen) atoms. The minimum atomic E-state index is 0. The van der Waals surface area contributed by atoms with Gasteiger partial charge in [-0.3, -0.25) is 0 Å². The summed E-state index contributed by atoms with van der Waals surface area (Å²) in [7, 11) is 0. The summed E-state index contributed by atoms with van der Waals surface area (Å²) in [5, 5.41) is 0. The molecule has 1 N–H and O–H groups in total. The molecular formula is C10H22ClN. The van der Waals surface area contributed by atoms with Crippen LogP contribution >= 0.6 is 0 Å². The summed E-state index contributed by atoms with van der Waals surface area (Å²) in [6, 6.07) is 0.990. The van der Waals surface area contributed by atoms with Gasteiger partial charge < -0.3 is 17.3 Å². The molecule has 1 heterocycles. The van der Waals surface area contributed by atoms with Gasteiger partial charge in [0.15, 0.2) is 0 Å². The van der Waals surface area contributed by atoms with Crippen molar-refractivity contribution < 1.29 is 17.3 Å². The molecule has 0 aromatic rings. The average Bonchev–Trinajstić information content (AvgIpc) is 2.06. The molecule has 0 aromatic carbocycles. The average molecular weight is 192 g/mol. The van der Waals surface area contributed by atoms with Crippen LogP contribution in [0.15, 0.2) is 0 Å². The van der Waals surface area contributed by atoms with Gasteiger partial charge in [0.2, 0.25) is 0 Å². The number of hydrogen-bond donors (Lipinski definition) is 1. The molecule has 74 valence electrons. The Balaban J connectivity index is 0.00000121. The van der Waals surface area contributed by atoms with Crippen molar-refractivity contribution in [3.63, 3.8) is 0 Å². The maximum atomic E-state index is 2.34. The summed E-state index contributed by atoms with van der Waals surface area (Å²) in [5.74, 6) is 0. The van der Waals surface area contributed by atoms with Crippen molar-refractivity contribution in [1.82, 2.24) is 0 Å². The zero-order valence-electron chi connectivity index (χ0n) is 8.41. The van der Waals surface area contributed by atoms with Crippen LogP contribution in [0.3, 0.4) is 0 Å². The standard InChI is InChI=1S/C10H21N.ClH/c1-3-8-11-9-6-5-7-10(11)4-2;/h10H,3-9H2,1-2H3;1H. The lowest BCUT2D eigenvalue weighted by Crippen LogP contribution is -3.16. The fourth-order valence-electron chi connectivity index (χ4n) is 2.29. The summed E-state index contributed by atoms with van der Waals surface area (Å²) in [6.45, 7) is 7.48. The van der Waals surface area contributed by atoms with Gasteiger partial charge in [-0.1, -0.05) is 13.8 Å². The molecule has 0 radical (unpaired) electrons. The molecule has 0 spiro atoms. The third-order valence-electron chi connectivity index (χ3n) is 2.94. The topological polar surface area (TPSA) is 4.44 Å². The molecule has 1 rings (SSSR count). The Morgan fingerprint density at radius 2 is 2.00 bits per heavy atom. The Hall–Kier alpha value is 0.250. The van der Waals surface area contributed by atoms with Gasteiger partial charge in [-0.15, -0.1) is 0 Å². The number of likely N-dealkylation sites (tertiary alicyclic amines) is 1. The molecule has 0 saturated carbocycles. The van der Waals surface area contributed by atoms with Crippen LogP contribution < -0.4 is 17.3 Å². The van der Waals surface area contributed by atoms with Crippen LogP contribution in [0.5, 0.6) is 0 Å². The number of hydrogen-bond acceptors (Lipinski definition) is 0. The van der Waals surface area contributed by atoms with Gasteiger partial charge in [0, 0.05) is 0 Å². The first-order chi connectivity index (χ1) is 5.38. The predicted molar refractivity (Wildman–Crippen MR) is 48.9 cm³/mol. The molecule has 2 unspecified atom stereocenters. The zero-order chi connectivity index (χ0) is 8.10. The van der Waals surface area contributed by atoms with Crippen LogP contribution in [0.2, 0.25) is 0 Å². The number of quaternary nitrogens is 1. The van der Waals surface area contributed by atoms with Crippen LogP contribution in [0.1, 0.15) is 46.0 Å². The molecule has 0 amide bonds. The first-order valence-corrected chi connectivity index (χ1v) is 5.23. The van der Waals surface area contributed by atoms with E-state index >= 15 is 0 Å². The highest BCUT2D eigenvalue weighted by molar-refractivity contribution is 4.58. The minimum Gasteiger partial charge on any atom is -1.00 e. The highest BCUT2D eigenvalue weighted by atomic mass is 35.5. The van der Waals surface area contributed by atoms with E-state index in [-0.39, 0.29) is 12.4 Å². The van der Waals surface area contributed by atoms with Gasteiger partial charge in [-0.2, -0.15) is 0 Å². The third-order valence-corrected chi connectivity index (χ3v) is 2.94. The van der Waals surface area contributed by atoms with Crippen molar-refractivity contribution >= 4 is 0 Å². The monoisotopic (exact) mass is 191 g/mol.